The highest BCUT2D eigenvalue weighted by molar-refractivity contribution is 5.35. The lowest BCUT2D eigenvalue weighted by molar-refractivity contribution is 0.297. The fourth-order valence-corrected chi connectivity index (χ4v) is 2.42. The molecule has 0 unspecified atom stereocenters. The van der Waals surface area contributed by atoms with Crippen LogP contribution < -0.4 is 16.0 Å². The van der Waals surface area contributed by atoms with Crippen LogP contribution in [-0.4, -0.2) is 15.7 Å². The first-order chi connectivity index (χ1) is 11.5. The van der Waals surface area contributed by atoms with Crippen molar-refractivity contribution in [1.82, 2.24) is 9.13 Å². The fraction of sp³-hybridized carbons (Fsp3) is 0.389. The molecule has 0 fully saturated rings. The highest BCUT2D eigenvalue weighted by Crippen LogP contribution is 2.19. The summed E-state index contributed by atoms with van der Waals surface area (Å²) >= 11 is 0. The van der Waals surface area contributed by atoms with Crippen molar-refractivity contribution < 1.29 is 4.74 Å². The highest BCUT2D eigenvalue weighted by Gasteiger charge is 2.10. The number of hydrogen-bond acceptors (Lipinski definition) is 4. The van der Waals surface area contributed by atoms with Crippen molar-refractivity contribution in [2.24, 2.45) is 0 Å². The predicted octanol–water partition coefficient (Wildman–Crippen LogP) is 1.99. The van der Waals surface area contributed by atoms with Gasteiger partial charge in [0.05, 0.1) is 6.61 Å². The van der Waals surface area contributed by atoms with Gasteiger partial charge in [-0.05, 0) is 44.4 Å². The Morgan fingerprint density at radius 2 is 2.00 bits per heavy atom. The van der Waals surface area contributed by atoms with Gasteiger partial charge in [0.2, 0.25) is 0 Å². The Morgan fingerprint density at radius 1 is 1.25 bits per heavy atom. The fourth-order valence-electron chi connectivity index (χ4n) is 2.42. The van der Waals surface area contributed by atoms with Crippen LogP contribution in [0.2, 0.25) is 0 Å². The number of ether oxygens (including phenoxy) is 1. The molecule has 0 radical (unpaired) electrons. The molecule has 0 amide bonds. The summed E-state index contributed by atoms with van der Waals surface area (Å²) in [5.74, 6) is 0.805. The van der Waals surface area contributed by atoms with E-state index in [9.17, 15) is 9.59 Å². The van der Waals surface area contributed by atoms with Crippen LogP contribution in [0.3, 0.4) is 0 Å². The monoisotopic (exact) mass is 327 g/mol. The Labute approximate surface area is 140 Å². The average molecular weight is 327 g/mol. The number of benzene rings is 1. The predicted molar refractivity (Wildman–Crippen MR) is 91.4 cm³/mol. The van der Waals surface area contributed by atoms with Crippen LogP contribution in [0.25, 0.3) is 0 Å². The van der Waals surface area contributed by atoms with Crippen molar-refractivity contribution in [3.8, 4) is 11.8 Å². The summed E-state index contributed by atoms with van der Waals surface area (Å²) in [7, 11) is 0. The zero-order valence-electron chi connectivity index (χ0n) is 14.2. The third-order valence-electron chi connectivity index (χ3n) is 3.83. The lowest BCUT2D eigenvalue weighted by atomic mass is 10.1. The molecule has 6 heteroatoms. The highest BCUT2D eigenvalue weighted by atomic mass is 16.5. The second-order valence-electron chi connectivity index (χ2n) is 5.65. The number of aryl methyl sites for hydroxylation is 3. The summed E-state index contributed by atoms with van der Waals surface area (Å²) in [5.41, 5.74) is 1.19. The SMILES string of the molecule is CCn1cc(C#N)c(=O)n(CCCOc2cc(C)ccc2C)c1=O. The molecule has 24 heavy (non-hydrogen) atoms. The zero-order chi connectivity index (χ0) is 17.7. The Balaban J connectivity index is 2.10. The maximum absolute atomic E-state index is 12.2. The summed E-state index contributed by atoms with van der Waals surface area (Å²) in [6.45, 7) is 6.77. The third kappa shape index (κ3) is 3.74. The number of nitriles is 1. The van der Waals surface area contributed by atoms with Crippen LogP contribution in [0.5, 0.6) is 5.75 Å². The van der Waals surface area contributed by atoms with Crippen molar-refractivity contribution in [3.63, 3.8) is 0 Å². The van der Waals surface area contributed by atoms with Crippen LogP contribution in [0.4, 0.5) is 0 Å². The second kappa shape index (κ2) is 7.64. The molecule has 1 aromatic heterocycles. The van der Waals surface area contributed by atoms with Gasteiger partial charge in [-0.2, -0.15) is 5.26 Å². The van der Waals surface area contributed by atoms with Crippen LogP contribution in [0.1, 0.15) is 30.0 Å². The lowest BCUT2D eigenvalue weighted by Gasteiger charge is -2.11. The molecule has 0 aliphatic carbocycles. The number of rotatable bonds is 6. The molecule has 6 nitrogen and oxygen atoms in total. The van der Waals surface area contributed by atoms with Crippen LogP contribution >= 0.6 is 0 Å². The Bertz CT molecular complexity index is 888. The van der Waals surface area contributed by atoms with Gasteiger partial charge in [0.15, 0.2) is 0 Å². The van der Waals surface area contributed by atoms with Crippen LogP contribution in [-0.2, 0) is 13.1 Å². The van der Waals surface area contributed by atoms with Crippen LogP contribution in [0.15, 0.2) is 34.0 Å². The molecule has 1 aromatic carbocycles. The average Bonchev–Trinajstić information content (AvgIpc) is 2.57. The minimum atomic E-state index is -0.543. The molecule has 0 aliphatic heterocycles. The van der Waals surface area contributed by atoms with Gasteiger partial charge in [-0.25, -0.2) is 4.79 Å². The zero-order valence-corrected chi connectivity index (χ0v) is 14.2. The van der Waals surface area contributed by atoms with E-state index in [-0.39, 0.29) is 12.1 Å². The van der Waals surface area contributed by atoms with Gasteiger partial charge < -0.3 is 4.74 Å². The van der Waals surface area contributed by atoms with Gasteiger partial charge in [-0.15, -0.1) is 0 Å². The Morgan fingerprint density at radius 3 is 2.67 bits per heavy atom. The summed E-state index contributed by atoms with van der Waals surface area (Å²) in [6.07, 6.45) is 1.81. The van der Waals surface area contributed by atoms with E-state index in [1.807, 2.05) is 38.1 Å². The molecule has 0 aliphatic rings. The first-order valence-corrected chi connectivity index (χ1v) is 7.92. The van der Waals surface area contributed by atoms with Gasteiger partial charge in [-0.3, -0.25) is 13.9 Å². The molecular formula is C18H21N3O3. The van der Waals surface area contributed by atoms with Crippen molar-refractivity contribution in [3.05, 3.63) is 61.9 Å². The Kier molecular flexibility index (Phi) is 5.59. The summed E-state index contributed by atoms with van der Waals surface area (Å²) in [5, 5.41) is 9.03. The molecule has 126 valence electrons. The number of hydrogen-bond donors (Lipinski definition) is 0. The first kappa shape index (κ1) is 17.5. The summed E-state index contributed by atoms with van der Waals surface area (Å²) < 4.78 is 8.22. The molecule has 2 aromatic rings. The molecule has 0 saturated carbocycles. The molecule has 0 saturated heterocycles. The van der Waals surface area contributed by atoms with Gasteiger partial charge in [0.1, 0.15) is 17.4 Å². The van der Waals surface area contributed by atoms with Gasteiger partial charge >= 0.3 is 5.69 Å². The molecular weight excluding hydrogens is 306 g/mol. The summed E-state index contributed by atoms with van der Waals surface area (Å²) in [6, 6.07) is 7.81. The normalized spacial score (nSPS) is 10.4. The van der Waals surface area contributed by atoms with E-state index in [2.05, 4.69) is 0 Å². The standard InChI is InChI=1S/C18H21N3O3/c1-4-20-12-15(11-19)17(22)21(18(20)23)8-5-9-24-16-10-13(2)6-7-14(16)3/h6-7,10,12H,4-5,8-9H2,1-3H3. The van der Waals surface area contributed by atoms with E-state index in [0.29, 0.717) is 19.6 Å². The molecule has 0 bridgehead atoms. The van der Waals surface area contributed by atoms with Crippen molar-refractivity contribution >= 4 is 0 Å². The first-order valence-electron chi connectivity index (χ1n) is 7.92. The van der Waals surface area contributed by atoms with Gasteiger partial charge in [-0.1, -0.05) is 12.1 Å². The quantitative estimate of drug-likeness (QED) is 0.760. The maximum atomic E-state index is 12.2. The maximum Gasteiger partial charge on any atom is 0.331 e. The summed E-state index contributed by atoms with van der Waals surface area (Å²) in [4.78, 5) is 24.4. The largest absolute Gasteiger partial charge is 0.493 e. The smallest absolute Gasteiger partial charge is 0.331 e. The van der Waals surface area contributed by atoms with E-state index in [1.165, 1.54) is 10.8 Å². The second-order valence-corrected chi connectivity index (χ2v) is 5.65. The van der Waals surface area contributed by atoms with Gasteiger partial charge in [0.25, 0.3) is 5.56 Å². The number of nitrogens with zero attached hydrogens (tertiary/aromatic N) is 3. The molecule has 0 N–H and O–H groups in total. The molecule has 0 spiro atoms. The van der Waals surface area contributed by atoms with E-state index >= 15 is 0 Å². The molecule has 0 atom stereocenters. The minimum absolute atomic E-state index is 0.0214. The van der Waals surface area contributed by atoms with Crippen LogP contribution in [0, 0.1) is 25.2 Å². The molecule has 2 rings (SSSR count). The lowest BCUT2D eigenvalue weighted by Crippen LogP contribution is -2.41. The topological polar surface area (TPSA) is 77.0 Å². The van der Waals surface area contributed by atoms with E-state index in [1.54, 1.807) is 6.92 Å². The van der Waals surface area contributed by atoms with Crippen molar-refractivity contribution in [1.29, 1.82) is 5.26 Å². The van der Waals surface area contributed by atoms with E-state index < -0.39 is 11.2 Å². The van der Waals surface area contributed by atoms with E-state index in [0.717, 1.165) is 21.4 Å². The van der Waals surface area contributed by atoms with Crippen molar-refractivity contribution in [2.75, 3.05) is 6.61 Å². The Hall–Kier alpha value is -2.81. The molecule has 1 heterocycles. The van der Waals surface area contributed by atoms with Gasteiger partial charge in [0, 0.05) is 19.3 Å². The number of aromatic nitrogens is 2. The minimum Gasteiger partial charge on any atom is -0.493 e. The third-order valence-corrected chi connectivity index (χ3v) is 3.83. The van der Waals surface area contributed by atoms with E-state index in [4.69, 9.17) is 10.00 Å². The van der Waals surface area contributed by atoms with Crippen molar-refractivity contribution in [2.45, 2.75) is 40.3 Å².